The van der Waals surface area contributed by atoms with E-state index in [0.717, 1.165) is 37.3 Å². The predicted molar refractivity (Wildman–Crippen MR) is 151 cm³/mol. The number of hydrogen-bond acceptors (Lipinski definition) is 3. The Labute approximate surface area is 216 Å². The first-order valence-electron chi connectivity index (χ1n) is 13.5. The van der Waals surface area contributed by atoms with E-state index in [-0.39, 0.29) is 28.3 Å². The molecule has 0 amide bonds. The van der Waals surface area contributed by atoms with E-state index in [1.54, 1.807) is 7.11 Å². The molecule has 198 valence electrons. The molecule has 0 saturated heterocycles. The van der Waals surface area contributed by atoms with Crippen LogP contribution in [0, 0.1) is 28.1 Å². The van der Waals surface area contributed by atoms with E-state index in [4.69, 9.17) is 4.74 Å². The van der Waals surface area contributed by atoms with Crippen molar-refractivity contribution in [2.75, 3.05) is 7.11 Å². The molecular weight excluding hydrogens is 448 g/mol. The van der Waals surface area contributed by atoms with Gasteiger partial charge in [0.15, 0.2) is 11.6 Å². The van der Waals surface area contributed by atoms with Crippen LogP contribution in [0.1, 0.15) is 93.9 Å². The molecule has 0 aromatic rings. The summed E-state index contributed by atoms with van der Waals surface area (Å²) >= 11 is 0. The van der Waals surface area contributed by atoms with Gasteiger partial charge in [0, 0.05) is 5.20 Å². The second-order valence-corrected chi connectivity index (χ2v) is 19.2. The first-order valence-corrected chi connectivity index (χ1v) is 17.0. The molecule has 1 fully saturated rings. The minimum absolute atomic E-state index is 0.0685. The molecule has 0 N–H and O–H groups in total. The van der Waals surface area contributed by atoms with Crippen LogP contribution in [0.2, 0.25) is 19.6 Å². The van der Waals surface area contributed by atoms with Gasteiger partial charge >= 0.3 is 0 Å². The van der Waals surface area contributed by atoms with Crippen molar-refractivity contribution in [3.8, 4) is 0 Å². The SMILES string of the molecule is COC1=C([Si](C)(C)C)C(=O)C2C(=O)C1(CC=C(C)C)CC(CC=C(C)C)C2(C)CCCC(C)(C)C. The lowest BCUT2D eigenvalue weighted by atomic mass is 9.47. The maximum absolute atomic E-state index is 14.5. The molecule has 2 rings (SSSR count). The fraction of sp³-hybridized carbons (Fsp3) is 0.742. The summed E-state index contributed by atoms with van der Waals surface area (Å²) in [7, 11) is -0.395. The molecule has 4 unspecified atom stereocenters. The Bertz CT molecular complexity index is 916. The Morgan fingerprint density at radius 3 is 2.09 bits per heavy atom. The van der Waals surface area contributed by atoms with E-state index in [0.29, 0.717) is 12.2 Å². The molecule has 0 radical (unpaired) electrons. The molecule has 2 aliphatic rings. The fourth-order valence-electron chi connectivity index (χ4n) is 6.43. The van der Waals surface area contributed by atoms with Crippen molar-refractivity contribution in [2.45, 2.75) is 114 Å². The lowest BCUT2D eigenvalue weighted by Crippen LogP contribution is -2.62. The summed E-state index contributed by atoms with van der Waals surface area (Å²) < 4.78 is 6.09. The number of hydrogen-bond donors (Lipinski definition) is 0. The number of allylic oxidation sites excluding steroid dienone is 6. The quantitative estimate of drug-likeness (QED) is 0.181. The molecule has 1 saturated carbocycles. The number of ether oxygens (including phenoxy) is 1. The van der Waals surface area contributed by atoms with Gasteiger partial charge in [0.25, 0.3) is 0 Å². The van der Waals surface area contributed by atoms with Gasteiger partial charge in [0.2, 0.25) is 0 Å². The highest BCUT2D eigenvalue weighted by atomic mass is 28.3. The van der Waals surface area contributed by atoms with Gasteiger partial charge in [-0.25, -0.2) is 0 Å². The molecular formula is C31H52O3Si. The van der Waals surface area contributed by atoms with Crippen molar-refractivity contribution in [1.29, 1.82) is 0 Å². The van der Waals surface area contributed by atoms with E-state index in [2.05, 4.69) is 87.2 Å². The van der Waals surface area contributed by atoms with Gasteiger partial charge in [0.05, 0.1) is 26.5 Å². The standard InChI is InChI=1S/C31H52O3Si/c1-21(2)14-15-23-20-31(19-16-22(3)4)27(33)24(30(23,8)18-13-17-29(5,6)7)25(32)26(28(31)34-9)35(10,11)12/h14,16,23-24H,13,15,17-20H2,1-12H3. The highest BCUT2D eigenvalue weighted by Gasteiger charge is 2.65. The van der Waals surface area contributed by atoms with Gasteiger partial charge in [-0.05, 0) is 76.5 Å². The Morgan fingerprint density at radius 2 is 1.63 bits per heavy atom. The Kier molecular flexibility index (Phi) is 8.96. The van der Waals surface area contributed by atoms with Crippen molar-refractivity contribution in [2.24, 2.45) is 28.1 Å². The van der Waals surface area contributed by atoms with Crippen LogP contribution < -0.4 is 0 Å². The zero-order valence-electron chi connectivity index (χ0n) is 24.8. The summed E-state index contributed by atoms with van der Waals surface area (Å²) in [5, 5.41) is 0.870. The van der Waals surface area contributed by atoms with Crippen LogP contribution in [0.5, 0.6) is 0 Å². The van der Waals surface area contributed by atoms with E-state index in [1.807, 2.05) is 0 Å². The molecule has 0 heterocycles. The van der Waals surface area contributed by atoms with Crippen LogP contribution in [0.25, 0.3) is 0 Å². The molecule has 2 aliphatic carbocycles. The summed E-state index contributed by atoms with van der Waals surface area (Å²) in [6.07, 6.45) is 9.82. The summed E-state index contributed by atoms with van der Waals surface area (Å²) in [6, 6.07) is 0. The van der Waals surface area contributed by atoms with Crippen LogP contribution in [0.15, 0.2) is 34.3 Å². The fourth-order valence-corrected chi connectivity index (χ4v) is 8.33. The third-order valence-corrected chi connectivity index (χ3v) is 10.3. The summed E-state index contributed by atoms with van der Waals surface area (Å²) in [4.78, 5) is 28.8. The Hall–Kier alpha value is -1.42. The third-order valence-electron chi connectivity index (χ3n) is 8.36. The average Bonchev–Trinajstić information content (AvgIpc) is 2.68. The van der Waals surface area contributed by atoms with Crippen LogP contribution in [-0.2, 0) is 14.3 Å². The molecule has 0 aromatic carbocycles. The lowest BCUT2D eigenvalue weighted by molar-refractivity contribution is -0.157. The molecule has 35 heavy (non-hydrogen) atoms. The van der Waals surface area contributed by atoms with Crippen molar-refractivity contribution in [3.05, 3.63) is 34.3 Å². The van der Waals surface area contributed by atoms with E-state index in [1.165, 1.54) is 11.1 Å². The number of carbonyl (C=O) groups is 2. The number of Topliss-reactive ketones (excluding diaryl/α,β-unsaturated/α-hetero) is 2. The third kappa shape index (κ3) is 6.11. The topological polar surface area (TPSA) is 43.4 Å². The predicted octanol–water partition coefficient (Wildman–Crippen LogP) is 8.47. The molecule has 4 atom stereocenters. The van der Waals surface area contributed by atoms with Crippen molar-refractivity contribution in [1.82, 2.24) is 0 Å². The first kappa shape index (κ1) is 29.8. The minimum atomic E-state index is -2.06. The molecule has 3 nitrogen and oxygen atoms in total. The highest BCUT2D eigenvalue weighted by molar-refractivity contribution is 6.87. The van der Waals surface area contributed by atoms with Crippen LogP contribution in [0.3, 0.4) is 0 Å². The Morgan fingerprint density at radius 1 is 1.06 bits per heavy atom. The average molecular weight is 501 g/mol. The van der Waals surface area contributed by atoms with Crippen molar-refractivity contribution in [3.63, 3.8) is 0 Å². The number of carbonyl (C=O) groups excluding carboxylic acids is 2. The number of methoxy groups -OCH3 is 1. The van der Waals surface area contributed by atoms with Crippen molar-refractivity contribution >= 4 is 19.6 Å². The normalized spacial score (nSPS) is 29.3. The van der Waals surface area contributed by atoms with Crippen LogP contribution in [0.4, 0.5) is 0 Å². The zero-order chi connectivity index (χ0) is 27.0. The maximum Gasteiger partial charge on any atom is 0.169 e. The first-order chi connectivity index (χ1) is 15.9. The number of ketones is 2. The molecule has 2 bridgehead atoms. The maximum atomic E-state index is 14.5. The van der Waals surface area contributed by atoms with Crippen molar-refractivity contribution < 1.29 is 14.3 Å². The Balaban J connectivity index is 2.79. The van der Waals surface area contributed by atoms with E-state index >= 15 is 0 Å². The van der Waals surface area contributed by atoms with Gasteiger partial charge in [-0.1, -0.05) is 77.1 Å². The monoisotopic (exact) mass is 500 g/mol. The van der Waals surface area contributed by atoms with Gasteiger partial charge in [-0.2, -0.15) is 0 Å². The largest absolute Gasteiger partial charge is 0.500 e. The lowest BCUT2D eigenvalue weighted by Gasteiger charge is -2.57. The van der Waals surface area contributed by atoms with Gasteiger partial charge in [0.1, 0.15) is 5.76 Å². The van der Waals surface area contributed by atoms with Crippen LogP contribution in [-0.4, -0.2) is 26.8 Å². The minimum Gasteiger partial charge on any atom is -0.500 e. The molecule has 0 spiro atoms. The van der Waals surface area contributed by atoms with Gasteiger partial charge in [-0.15, -0.1) is 0 Å². The van der Waals surface area contributed by atoms with E-state index in [9.17, 15) is 9.59 Å². The molecule has 0 aromatic heterocycles. The summed E-state index contributed by atoms with van der Waals surface area (Å²) in [5.74, 6) is 0.560. The zero-order valence-corrected chi connectivity index (χ0v) is 25.8. The van der Waals surface area contributed by atoms with E-state index < -0.39 is 19.4 Å². The molecule has 4 heteroatoms. The second-order valence-electron chi connectivity index (χ2n) is 14.2. The second kappa shape index (κ2) is 10.5. The summed E-state index contributed by atoms with van der Waals surface area (Å²) in [6.45, 7) is 24.2. The van der Waals surface area contributed by atoms with Gasteiger partial charge in [-0.3, -0.25) is 9.59 Å². The molecule has 0 aliphatic heterocycles. The highest BCUT2D eigenvalue weighted by Crippen LogP contribution is 2.62. The summed E-state index contributed by atoms with van der Waals surface area (Å²) in [5.41, 5.74) is 1.65. The number of rotatable bonds is 9. The van der Waals surface area contributed by atoms with Gasteiger partial charge < -0.3 is 4.74 Å². The number of fused-ring (bicyclic) bond motifs is 2. The smallest absolute Gasteiger partial charge is 0.169 e. The van der Waals surface area contributed by atoms with Crippen LogP contribution >= 0.6 is 0 Å².